The monoisotopic (exact) mass is 796 g/mol. The fourth-order valence-electron chi connectivity index (χ4n) is 4.24. The Labute approximate surface area is 296 Å². The average molecular weight is 796 g/mol. The van der Waals surface area contributed by atoms with E-state index in [0.29, 0.717) is 0 Å². The zero-order valence-corrected chi connectivity index (χ0v) is 27.5. The van der Waals surface area contributed by atoms with Gasteiger partial charge in [0.05, 0.1) is 24.6 Å². The van der Waals surface area contributed by atoms with Gasteiger partial charge in [-0.1, -0.05) is 0 Å². The molecule has 0 radical (unpaired) electrons. The normalized spacial score (nSPS) is 15.4. The summed E-state index contributed by atoms with van der Waals surface area (Å²) in [6, 6.07) is 4.87. The van der Waals surface area contributed by atoms with Crippen LogP contribution in [0.3, 0.4) is 0 Å². The van der Waals surface area contributed by atoms with E-state index in [1.54, 1.807) is 9.80 Å². The summed E-state index contributed by atoms with van der Waals surface area (Å²) in [5.74, 6) is -4.53. The zero-order valence-electron chi connectivity index (χ0n) is 25.2. The number of nitro benzene ring substituents is 1. The molecule has 0 aromatic heterocycles. The van der Waals surface area contributed by atoms with E-state index in [-0.39, 0.29) is 123 Å². The van der Waals surface area contributed by atoms with Gasteiger partial charge < -0.3 is 39.5 Å². The molecule has 0 saturated heterocycles. The van der Waals surface area contributed by atoms with E-state index < -0.39 is 47.8 Å². The number of nitro groups is 1. The number of ether oxygens (including phenoxy) is 2. The first-order valence-electron chi connectivity index (χ1n) is 13.8. The molecule has 1 heterocycles. The van der Waals surface area contributed by atoms with E-state index >= 15 is 0 Å². The second kappa shape index (κ2) is 21.3. The van der Waals surface area contributed by atoms with Crippen molar-refractivity contribution in [3.63, 3.8) is 0 Å². The third kappa shape index (κ3) is 16.2. The van der Waals surface area contributed by atoms with Crippen molar-refractivity contribution in [1.82, 2.24) is 24.5 Å². The molecule has 0 aliphatic carbocycles. The van der Waals surface area contributed by atoms with Crippen LogP contribution >= 0.6 is 0 Å². The SMILES string of the molecule is COCCN(CC(=O)Oc1ccc([N+](=O)[O-])cc1)C(=O)CN1CCN(CC(=O)O)/C=C\N(CC(=O)O)CCN(CC(=O)O)CC1.[Gd]. The summed E-state index contributed by atoms with van der Waals surface area (Å²) in [7, 11) is 1.42. The summed E-state index contributed by atoms with van der Waals surface area (Å²) >= 11 is 0. The Bertz CT molecular complexity index is 1220. The van der Waals surface area contributed by atoms with E-state index in [9.17, 15) is 49.4 Å². The predicted octanol–water partition coefficient (Wildman–Crippen LogP) is -1.08. The molecule has 1 aromatic rings. The maximum Gasteiger partial charge on any atom is 0.331 e. The summed E-state index contributed by atoms with van der Waals surface area (Å²) in [6.07, 6.45) is 2.88. The molecule has 0 bridgehead atoms. The molecule has 19 heteroatoms. The first kappa shape index (κ1) is 40.5. The van der Waals surface area contributed by atoms with E-state index in [4.69, 9.17) is 9.47 Å². The summed E-state index contributed by atoms with van der Waals surface area (Å²) in [5, 5.41) is 38.9. The maximum atomic E-state index is 13.4. The second-order valence-electron chi connectivity index (χ2n) is 10.0. The predicted molar refractivity (Wildman–Crippen MR) is 155 cm³/mol. The Balaban J connectivity index is 0.0000106. The number of carbonyl (C=O) groups is 5. The van der Waals surface area contributed by atoms with E-state index in [0.717, 1.165) is 0 Å². The Hall–Kier alpha value is -3.49. The summed E-state index contributed by atoms with van der Waals surface area (Å²) in [6.45, 7) is -0.563. The number of aliphatic carboxylic acids is 3. The molecule has 1 aliphatic heterocycles. The van der Waals surface area contributed by atoms with E-state index in [1.807, 2.05) is 0 Å². The molecule has 3 N–H and O–H groups in total. The molecule has 256 valence electrons. The maximum absolute atomic E-state index is 13.4. The molecule has 2 rings (SSSR count). The number of carboxylic acid groups (broad SMARTS) is 3. The molecule has 1 aromatic carbocycles. The molecule has 1 aliphatic rings. The topological polar surface area (TPSA) is 224 Å². The smallest absolute Gasteiger partial charge is 0.331 e. The fraction of sp³-hybridized carbons (Fsp3) is 0.519. The van der Waals surface area contributed by atoms with Crippen LogP contribution in [0, 0.1) is 50.1 Å². The van der Waals surface area contributed by atoms with Gasteiger partial charge in [0, 0.05) is 117 Å². The standard InChI is InChI=1S/C27H38N6O12.Gd/c1-44-15-14-32(20-27(41)45-22-4-2-21(3-5-22)33(42)43)23(34)16-28-6-8-29(17-24(35)36)10-12-31(19-26(39)40)13-11-30(9-7-28)18-25(37)38;/h2-5,10,12H,6-9,11,13-20H2,1H3,(H,35,36)(H,37,38)(H,39,40);/b12-10-;. The molecule has 0 unspecified atom stereocenters. The van der Waals surface area contributed by atoms with Gasteiger partial charge in [-0.2, -0.15) is 0 Å². The van der Waals surface area contributed by atoms with Gasteiger partial charge in [-0.05, 0) is 12.1 Å². The molecule has 0 spiro atoms. The van der Waals surface area contributed by atoms with Crippen LogP contribution in [0.25, 0.3) is 0 Å². The number of nitrogens with zero attached hydrogens (tertiary/aromatic N) is 6. The Morgan fingerprint density at radius 2 is 1.28 bits per heavy atom. The molecule has 46 heavy (non-hydrogen) atoms. The van der Waals surface area contributed by atoms with Crippen LogP contribution in [-0.4, -0.2) is 167 Å². The van der Waals surface area contributed by atoms with Gasteiger partial charge in [-0.25, -0.2) is 4.79 Å². The van der Waals surface area contributed by atoms with Crippen LogP contribution in [-0.2, 0) is 28.7 Å². The Morgan fingerprint density at radius 3 is 1.74 bits per heavy atom. The Kier molecular flexibility index (Phi) is 18.8. The van der Waals surface area contributed by atoms with Crippen molar-refractivity contribution in [1.29, 1.82) is 0 Å². The molecule has 0 fully saturated rings. The van der Waals surface area contributed by atoms with Gasteiger partial charge >= 0.3 is 23.9 Å². The number of esters is 1. The molecule has 0 saturated carbocycles. The number of hydrogen-bond donors (Lipinski definition) is 3. The van der Waals surface area contributed by atoms with E-state index in [1.165, 1.54) is 58.5 Å². The first-order valence-corrected chi connectivity index (χ1v) is 13.8. The van der Waals surface area contributed by atoms with Gasteiger partial charge in [-0.3, -0.25) is 39.1 Å². The van der Waals surface area contributed by atoms with Gasteiger partial charge in [0.15, 0.2) is 0 Å². The number of non-ortho nitro benzene ring substituents is 1. The van der Waals surface area contributed by atoms with Crippen LogP contribution in [0.5, 0.6) is 5.75 Å². The van der Waals surface area contributed by atoms with Gasteiger partial charge in [0.25, 0.3) is 5.69 Å². The number of amides is 1. The second-order valence-corrected chi connectivity index (χ2v) is 10.0. The van der Waals surface area contributed by atoms with Crippen LogP contribution in [0.4, 0.5) is 5.69 Å². The van der Waals surface area contributed by atoms with Gasteiger partial charge in [0.2, 0.25) is 5.91 Å². The summed E-state index contributed by atoms with van der Waals surface area (Å²) in [5.41, 5.74) is -0.185. The van der Waals surface area contributed by atoms with Gasteiger partial charge in [-0.15, -0.1) is 0 Å². The molecular weight excluding hydrogens is 758 g/mol. The summed E-state index contributed by atoms with van der Waals surface area (Å²) < 4.78 is 10.3. The number of carboxylic acids is 3. The quantitative estimate of drug-likeness (QED) is 0.0832. The van der Waals surface area contributed by atoms with Crippen LogP contribution in [0.2, 0.25) is 0 Å². The third-order valence-corrected chi connectivity index (χ3v) is 6.54. The van der Waals surface area contributed by atoms with Crippen LogP contribution in [0.1, 0.15) is 0 Å². The van der Waals surface area contributed by atoms with Crippen molar-refractivity contribution >= 4 is 35.5 Å². The van der Waals surface area contributed by atoms with Crippen LogP contribution < -0.4 is 4.74 Å². The molecule has 1 amide bonds. The number of carbonyl (C=O) groups excluding carboxylic acids is 2. The largest absolute Gasteiger partial charge is 0.480 e. The van der Waals surface area contributed by atoms with Crippen molar-refractivity contribution in [2.45, 2.75) is 0 Å². The minimum atomic E-state index is -1.12. The van der Waals surface area contributed by atoms with Crippen molar-refractivity contribution < 1.29 is 93.6 Å². The average Bonchev–Trinajstić information content (AvgIpc) is 2.95. The van der Waals surface area contributed by atoms with Crippen LogP contribution in [0.15, 0.2) is 36.7 Å². The summed E-state index contributed by atoms with van der Waals surface area (Å²) in [4.78, 5) is 78.1. The number of methoxy groups -OCH3 is 1. The van der Waals surface area contributed by atoms with Gasteiger partial charge in [0.1, 0.15) is 25.4 Å². The molecular formula is C27H38GdN6O12. The number of hydrogen-bond acceptors (Lipinski definition) is 13. The van der Waals surface area contributed by atoms with Crippen molar-refractivity contribution in [3.8, 4) is 5.75 Å². The minimum Gasteiger partial charge on any atom is -0.480 e. The zero-order chi connectivity index (χ0) is 33.4. The number of rotatable bonds is 15. The molecule has 18 nitrogen and oxygen atoms in total. The van der Waals surface area contributed by atoms with Crippen molar-refractivity contribution in [2.24, 2.45) is 0 Å². The van der Waals surface area contributed by atoms with Crippen molar-refractivity contribution in [3.05, 3.63) is 46.8 Å². The Morgan fingerprint density at radius 1 is 0.804 bits per heavy atom. The van der Waals surface area contributed by atoms with E-state index in [2.05, 4.69) is 0 Å². The fourth-order valence-corrected chi connectivity index (χ4v) is 4.24. The minimum absolute atomic E-state index is 0. The third-order valence-electron chi connectivity index (χ3n) is 6.54. The molecule has 0 atom stereocenters. The van der Waals surface area contributed by atoms with Crippen molar-refractivity contribution in [2.75, 3.05) is 92.3 Å². The first-order chi connectivity index (χ1) is 21.4. The number of benzene rings is 1.